The van der Waals surface area contributed by atoms with Crippen molar-refractivity contribution >= 4 is 5.91 Å². The van der Waals surface area contributed by atoms with Gasteiger partial charge in [-0.3, -0.25) is 9.69 Å². The summed E-state index contributed by atoms with van der Waals surface area (Å²) in [5.41, 5.74) is -2.64. The lowest BCUT2D eigenvalue weighted by Crippen LogP contribution is -2.57. The smallest absolute Gasteiger partial charge is 0.380 e. The zero-order valence-electron chi connectivity index (χ0n) is 12.8. The van der Waals surface area contributed by atoms with Crippen LogP contribution in [-0.4, -0.2) is 64.8 Å². The largest absolute Gasteiger partial charge is 0.417 e. The first-order valence-electron chi connectivity index (χ1n) is 7.20. The van der Waals surface area contributed by atoms with Crippen LogP contribution in [0.2, 0.25) is 0 Å². The van der Waals surface area contributed by atoms with Crippen molar-refractivity contribution in [3.63, 3.8) is 0 Å². The van der Waals surface area contributed by atoms with Crippen LogP contribution < -0.4 is 0 Å². The van der Waals surface area contributed by atoms with E-state index in [-0.39, 0.29) is 19.0 Å². The van der Waals surface area contributed by atoms with Crippen molar-refractivity contribution in [1.82, 2.24) is 9.80 Å². The van der Waals surface area contributed by atoms with Crippen LogP contribution in [-0.2, 0) is 4.79 Å². The first-order chi connectivity index (χ1) is 10.2. The van der Waals surface area contributed by atoms with E-state index in [0.717, 1.165) is 0 Å². The predicted molar refractivity (Wildman–Crippen MR) is 78.2 cm³/mol. The van der Waals surface area contributed by atoms with Gasteiger partial charge in [-0.2, -0.15) is 13.2 Å². The lowest BCUT2D eigenvalue weighted by Gasteiger charge is -2.41. The molecule has 0 radical (unpaired) electrons. The average molecular weight is 320 g/mol. The van der Waals surface area contributed by atoms with Gasteiger partial charge in [0.25, 0.3) is 0 Å². The lowest BCUT2D eigenvalue weighted by molar-refractivity contribution is -0.273. The number of amides is 1. The quantitative estimate of drug-likeness (QED) is 0.761. The second-order valence-electron chi connectivity index (χ2n) is 5.56. The number of carbonyl (C=O) groups is 1. The summed E-state index contributed by atoms with van der Waals surface area (Å²) in [6.45, 7) is 9.60. The Balaban J connectivity index is 2.68. The number of hydrogen-bond donors (Lipinski definition) is 1. The molecule has 0 saturated carbocycles. The summed E-state index contributed by atoms with van der Waals surface area (Å²) in [6.07, 6.45) is -2.29. The van der Waals surface area contributed by atoms with Gasteiger partial charge in [-0.15, -0.1) is 13.2 Å². The first kappa shape index (κ1) is 18.7. The molecule has 1 N–H and O–H groups in total. The Kier molecular flexibility index (Phi) is 6.19. The fourth-order valence-electron chi connectivity index (χ4n) is 2.55. The van der Waals surface area contributed by atoms with E-state index in [1.54, 1.807) is 24.0 Å². The Morgan fingerprint density at radius 2 is 1.77 bits per heavy atom. The number of likely N-dealkylation sites (tertiary alicyclic amines) is 1. The normalized spacial score (nSPS) is 20.2. The van der Waals surface area contributed by atoms with E-state index < -0.39 is 30.7 Å². The van der Waals surface area contributed by atoms with Crippen LogP contribution in [0.5, 0.6) is 0 Å². The first-order valence-corrected chi connectivity index (χ1v) is 7.20. The topological polar surface area (TPSA) is 43.8 Å². The van der Waals surface area contributed by atoms with Gasteiger partial charge in [0.15, 0.2) is 5.60 Å². The highest BCUT2D eigenvalue weighted by Gasteiger charge is 2.55. The summed E-state index contributed by atoms with van der Waals surface area (Å²) >= 11 is 0. The van der Waals surface area contributed by atoms with Crippen LogP contribution in [0.3, 0.4) is 0 Å². The van der Waals surface area contributed by atoms with Gasteiger partial charge in [-0.25, -0.2) is 0 Å². The van der Waals surface area contributed by atoms with Crippen LogP contribution in [0.1, 0.15) is 19.8 Å². The molecule has 1 fully saturated rings. The maximum absolute atomic E-state index is 12.8. The Bertz CT molecular complexity index is 406. The second-order valence-corrected chi connectivity index (χ2v) is 5.56. The van der Waals surface area contributed by atoms with Gasteiger partial charge >= 0.3 is 6.18 Å². The van der Waals surface area contributed by atoms with Crippen LogP contribution in [0.15, 0.2) is 25.3 Å². The Hall–Kier alpha value is -1.34. The summed E-state index contributed by atoms with van der Waals surface area (Å²) in [7, 11) is 0. The molecule has 1 amide bonds. The van der Waals surface area contributed by atoms with Crippen molar-refractivity contribution < 1.29 is 23.1 Å². The molecule has 22 heavy (non-hydrogen) atoms. The number of carbonyl (C=O) groups excluding carboxylic acids is 1. The van der Waals surface area contributed by atoms with Gasteiger partial charge < -0.3 is 10.0 Å². The third-order valence-corrected chi connectivity index (χ3v) is 4.07. The molecule has 0 bridgehead atoms. The zero-order valence-corrected chi connectivity index (χ0v) is 12.8. The molecule has 1 saturated heterocycles. The monoisotopic (exact) mass is 320 g/mol. The highest BCUT2D eigenvalue weighted by atomic mass is 19.4. The summed E-state index contributed by atoms with van der Waals surface area (Å²) in [5.74, 6) is -0.183. The summed E-state index contributed by atoms with van der Waals surface area (Å²) in [4.78, 5) is 15.6. The molecule has 7 heteroatoms. The van der Waals surface area contributed by atoms with Crippen molar-refractivity contribution in [3.05, 3.63) is 25.3 Å². The Labute approximate surface area is 128 Å². The van der Waals surface area contributed by atoms with E-state index in [9.17, 15) is 23.1 Å². The predicted octanol–water partition coefficient (Wildman–Crippen LogP) is 1.96. The molecule has 1 unspecified atom stereocenters. The van der Waals surface area contributed by atoms with Crippen LogP contribution in [0, 0.1) is 0 Å². The third-order valence-electron chi connectivity index (χ3n) is 4.07. The zero-order chi connectivity index (χ0) is 17.0. The molecular weight excluding hydrogens is 297 g/mol. The standard InChI is InChI=1S/C15H23F3N2O2/c1-4-8-20(9-5-2)13(21)12(3)19-10-6-14(22,7-11-19)15(16,17)18/h4-5,12,22H,1-2,6-11H2,3H3. The van der Waals surface area contributed by atoms with Gasteiger partial charge in [-0.05, 0) is 19.8 Å². The average Bonchev–Trinajstić information content (AvgIpc) is 2.45. The van der Waals surface area contributed by atoms with Crippen LogP contribution in [0.25, 0.3) is 0 Å². The molecule has 0 aromatic rings. The highest BCUT2D eigenvalue weighted by molar-refractivity contribution is 5.81. The van der Waals surface area contributed by atoms with Gasteiger partial charge in [0.1, 0.15) is 0 Å². The molecule has 126 valence electrons. The lowest BCUT2D eigenvalue weighted by atomic mass is 9.90. The fraction of sp³-hybridized carbons (Fsp3) is 0.667. The number of piperidine rings is 1. The Morgan fingerprint density at radius 3 is 2.14 bits per heavy atom. The van der Waals surface area contributed by atoms with Gasteiger partial charge in [0.2, 0.25) is 5.91 Å². The molecular formula is C15H23F3N2O2. The summed E-state index contributed by atoms with van der Waals surface area (Å²) in [6, 6.07) is -0.544. The molecule has 1 aliphatic heterocycles. The van der Waals surface area contributed by atoms with Crippen molar-refractivity contribution in [2.24, 2.45) is 0 Å². The Morgan fingerprint density at radius 1 is 1.32 bits per heavy atom. The minimum absolute atomic E-state index is 0.0267. The molecule has 0 aliphatic carbocycles. The maximum atomic E-state index is 12.8. The van der Waals surface area contributed by atoms with Crippen LogP contribution in [0.4, 0.5) is 13.2 Å². The van der Waals surface area contributed by atoms with E-state index in [0.29, 0.717) is 13.1 Å². The molecule has 1 aliphatic rings. The summed E-state index contributed by atoms with van der Waals surface area (Å²) < 4.78 is 38.3. The number of nitrogens with zero attached hydrogens (tertiary/aromatic N) is 2. The molecule has 4 nitrogen and oxygen atoms in total. The number of alkyl halides is 3. The van der Waals surface area contributed by atoms with Crippen molar-refractivity contribution in [2.75, 3.05) is 26.2 Å². The number of hydrogen-bond acceptors (Lipinski definition) is 3. The fourth-order valence-corrected chi connectivity index (χ4v) is 2.55. The highest BCUT2D eigenvalue weighted by Crippen LogP contribution is 2.38. The minimum Gasteiger partial charge on any atom is -0.380 e. The molecule has 1 heterocycles. The maximum Gasteiger partial charge on any atom is 0.417 e. The van der Waals surface area contributed by atoms with E-state index in [1.165, 1.54) is 4.90 Å². The minimum atomic E-state index is -4.63. The number of halogens is 3. The summed E-state index contributed by atoms with van der Waals surface area (Å²) in [5, 5.41) is 9.65. The van der Waals surface area contributed by atoms with Crippen LogP contribution >= 0.6 is 0 Å². The number of aliphatic hydroxyl groups is 1. The van der Waals surface area contributed by atoms with Crippen molar-refractivity contribution in [2.45, 2.75) is 37.6 Å². The molecule has 1 rings (SSSR count). The van der Waals surface area contributed by atoms with Crippen molar-refractivity contribution in [1.29, 1.82) is 0 Å². The van der Waals surface area contributed by atoms with E-state index >= 15 is 0 Å². The van der Waals surface area contributed by atoms with Gasteiger partial charge in [0.05, 0.1) is 6.04 Å². The van der Waals surface area contributed by atoms with Crippen molar-refractivity contribution in [3.8, 4) is 0 Å². The van der Waals surface area contributed by atoms with E-state index in [4.69, 9.17) is 0 Å². The SMILES string of the molecule is C=CCN(CC=C)C(=O)C(C)N1CCC(O)(C(F)(F)F)CC1. The van der Waals surface area contributed by atoms with Gasteiger partial charge in [0, 0.05) is 26.2 Å². The van der Waals surface area contributed by atoms with E-state index in [1.807, 2.05) is 0 Å². The second kappa shape index (κ2) is 7.28. The number of rotatable bonds is 6. The van der Waals surface area contributed by atoms with Gasteiger partial charge in [-0.1, -0.05) is 12.2 Å². The molecule has 1 atom stereocenters. The molecule has 0 spiro atoms. The molecule has 0 aromatic carbocycles. The third kappa shape index (κ3) is 4.10. The molecule has 0 aromatic heterocycles. The van der Waals surface area contributed by atoms with E-state index in [2.05, 4.69) is 13.2 Å².